The summed E-state index contributed by atoms with van der Waals surface area (Å²) in [6.07, 6.45) is 9.80. The molecule has 0 atom stereocenters. The lowest BCUT2D eigenvalue weighted by molar-refractivity contribution is 0.225. The lowest BCUT2D eigenvalue weighted by atomic mass is 10.1. The van der Waals surface area contributed by atoms with Crippen molar-refractivity contribution in [1.29, 1.82) is 0 Å². The normalized spacial score (nSPS) is 21.7. The predicted molar refractivity (Wildman–Crippen MR) is 90.9 cm³/mol. The number of hydrogen-bond acceptors (Lipinski definition) is 4. The van der Waals surface area contributed by atoms with Crippen molar-refractivity contribution >= 4 is 0 Å². The van der Waals surface area contributed by atoms with Gasteiger partial charge in [-0.25, -0.2) is 0 Å². The second-order valence-corrected chi connectivity index (χ2v) is 6.66. The Morgan fingerprint density at radius 3 is 1.67 bits per heavy atom. The second-order valence-electron chi connectivity index (χ2n) is 6.66. The van der Waals surface area contributed by atoms with E-state index in [1.165, 1.54) is 90.8 Å². The zero-order valence-electron chi connectivity index (χ0n) is 13.9. The molecule has 0 unspecified atom stereocenters. The molecule has 2 rings (SSSR count). The minimum absolute atomic E-state index is 1.11. The van der Waals surface area contributed by atoms with Gasteiger partial charge in [0.05, 0.1) is 0 Å². The summed E-state index contributed by atoms with van der Waals surface area (Å²) in [5.41, 5.74) is 0. The van der Waals surface area contributed by atoms with E-state index in [4.69, 9.17) is 0 Å². The molecule has 0 bridgehead atoms. The zero-order chi connectivity index (χ0) is 14.6. The van der Waals surface area contributed by atoms with E-state index in [0.29, 0.717) is 0 Å². The van der Waals surface area contributed by atoms with Gasteiger partial charge in [-0.1, -0.05) is 12.8 Å². The van der Waals surface area contributed by atoms with Gasteiger partial charge in [0.2, 0.25) is 0 Å². The fraction of sp³-hybridized carbons (Fsp3) is 1.00. The van der Waals surface area contributed by atoms with Gasteiger partial charge >= 0.3 is 0 Å². The molecule has 4 heteroatoms. The lowest BCUT2D eigenvalue weighted by Crippen LogP contribution is -2.38. The molecule has 0 amide bonds. The van der Waals surface area contributed by atoms with Crippen LogP contribution < -0.4 is 10.6 Å². The Morgan fingerprint density at radius 2 is 1.05 bits per heavy atom. The lowest BCUT2D eigenvalue weighted by Gasteiger charge is -2.26. The average molecular weight is 297 g/mol. The molecular weight excluding hydrogens is 260 g/mol. The first-order chi connectivity index (χ1) is 10.4. The van der Waals surface area contributed by atoms with Crippen LogP contribution in [0.3, 0.4) is 0 Å². The molecule has 0 aliphatic carbocycles. The minimum Gasteiger partial charge on any atom is -0.315 e. The number of rotatable bonds is 10. The van der Waals surface area contributed by atoms with E-state index in [1.807, 2.05) is 0 Å². The molecule has 2 saturated heterocycles. The molecule has 2 fully saturated rings. The molecule has 2 aliphatic rings. The number of hydrogen-bond donors (Lipinski definition) is 2. The Kier molecular flexibility index (Phi) is 9.35. The molecule has 0 aromatic heterocycles. The molecule has 124 valence electrons. The first-order valence-electron chi connectivity index (χ1n) is 9.31. The zero-order valence-corrected chi connectivity index (χ0v) is 13.9. The molecule has 2 N–H and O–H groups in total. The molecule has 2 heterocycles. The quantitative estimate of drug-likeness (QED) is 0.599. The summed E-state index contributed by atoms with van der Waals surface area (Å²) in [5.74, 6) is 0. The van der Waals surface area contributed by atoms with Crippen LogP contribution in [-0.4, -0.2) is 75.2 Å². The summed E-state index contributed by atoms with van der Waals surface area (Å²) in [7, 11) is 0. The van der Waals surface area contributed by atoms with Gasteiger partial charge in [0.1, 0.15) is 0 Å². The first kappa shape index (κ1) is 17.2. The highest BCUT2D eigenvalue weighted by molar-refractivity contribution is 4.66. The van der Waals surface area contributed by atoms with Gasteiger partial charge in [-0.2, -0.15) is 0 Å². The number of nitrogens with one attached hydrogen (secondary N) is 2. The minimum atomic E-state index is 1.11. The molecule has 0 spiro atoms. The standard InChI is InChI=1S/C17H36N4/c1-3-12-20(13-4-1)16-7-8-18-9-10-19-11-17-21-14-5-2-6-15-21/h18-19H,1-17H2. The van der Waals surface area contributed by atoms with Crippen LogP contribution in [0, 0.1) is 0 Å². The van der Waals surface area contributed by atoms with Gasteiger partial charge < -0.3 is 20.4 Å². The van der Waals surface area contributed by atoms with Gasteiger partial charge in [0.15, 0.2) is 0 Å². The van der Waals surface area contributed by atoms with Crippen molar-refractivity contribution in [2.24, 2.45) is 0 Å². The molecule has 0 aromatic carbocycles. The van der Waals surface area contributed by atoms with Gasteiger partial charge in [-0.15, -0.1) is 0 Å². The maximum absolute atomic E-state index is 3.56. The van der Waals surface area contributed by atoms with E-state index in [9.17, 15) is 0 Å². The molecule has 0 saturated carbocycles. The van der Waals surface area contributed by atoms with E-state index in [0.717, 1.165) is 19.6 Å². The molecular formula is C17H36N4. The van der Waals surface area contributed by atoms with Crippen molar-refractivity contribution in [3.63, 3.8) is 0 Å². The Balaban J connectivity index is 1.30. The summed E-state index contributed by atoms with van der Waals surface area (Å²) < 4.78 is 0. The van der Waals surface area contributed by atoms with Crippen molar-refractivity contribution < 1.29 is 0 Å². The Morgan fingerprint density at radius 1 is 0.524 bits per heavy atom. The van der Waals surface area contributed by atoms with Gasteiger partial charge in [-0.3, -0.25) is 0 Å². The van der Waals surface area contributed by atoms with Crippen molar-refractivity contribution in [2.75, 3.05) is 65.4 Å². The van der Waals surface area contributed by atoms with E-state index in [-0.39, 0.29) is 0 Å². The fourth-order valence-electron chi connectivity index (χ4n) is 3.46. The van der Waals surface area contributed by atoms with Crippen LogP contribution in [0.2, 0.25) is 0 Å². The summed E-state index contributed by atoms with van der Waals surface area (Å²) in [6.45, 7) is 12.4. The van der Waals surface area contributed by atoms with Crippen LogP contribution in [0.4, 0.5) is 0 Å². The van der Waals surface area contributed by atoms with Crippen LogP contribution in [0.1, 0.15) is 44.9 Å². The Labute approximate surface area is 131 Å². The summed E-state index contributed by atoms with van der Waals surface area (Å²) in [4.78, 5) is 5.23. The van der Waals surface area contributed by atoms with E-state index in [2.05, 4.69) is 20.4 Å². The molecule has 2 aliphatic heterocycles. The largest absolute Gasteiger partial charge is 0.315 e. The maximum atomic E-state index is 3.56. The third kappa shape index (κ3) is 8.15. The number of piperidine rings is 2. The van der Waals surface area contributed by atoms with Crippen molar-refractivity contribution in [1.82, 2.24) is 20.4 Å². The van der Waals surface area contributed by atoms with Gasteiger partial charge in [0, 0.05) is 26.2 Å². The number of likely N-dealkylation sites (tertiary alicyclic amines) is 2. The highest BCUT2D eigenvalue weighted by Crippen LogP contribution is 2.08. The van der Waals surface area contributed by atoms with E-state index >= 15 is 0 Å². The molecule has 4 nitrogen and oxygen atoms in total. The molecule has 0 aromatic rings. The van der Waals surface area contributed by atoms with Crippen LogP contribution >= 0.6 is 0 Å². The Hall–Kier alpha value is -0.160. The predicted octanol–water partition coefficient (Wildman–Crippen LogP) is 1.53. The smallest absolute Gasteiger partial charge is 0.0107 e. The SMILES string of the molecule is C1CCN(CCCNCCNCCN2CCCCC2)CC1. The fourth-order valence-corrected chi connectivity index (χ4v) is 3.46. The molecule has 21 heavy (non-hydrogen) atoms. The first-order valence-corrected chi connectivity index (χ1v) is 9.31. The highest BCUT2D eigenvalue weighted by Gasteiger charge is 2.09. The van der Waals surface area contributed by atoms with Crippen molar-refractivity contribution in [2.45, 2.75) is 44.9 Å². The summed E-state index contributed by atoms with van der Waals surface area (Å²) in [6, 6.07) is 0. The average Bonchev–Trinajstić information content (AvgIpc) is 2.55. The monoisotopic (exact) mass is 296 g/mol. The van der Waals surface area contributed by atoms with Crippen LogP contribution in [-0.2, 0) is 0 Å². The summed E-state index contributed by atoms with van der Waals surface area (Å²) in [5, 5.41) is 7.12. The third-order valence-electron chi connectivity index (χ3n) is 4.81. The second kappa shape index (κ2) is 11.4. The van der Waals surface area contributed by atoms with E-state index < -0.39 is 0 Å². The van der Waals surface area contributed by atoms with Gasteiger partial charge in [-0.05, 0) is 71.4 Å². The van der Waals surface area contributed by atoms with Crippen LogP contribution in [0.25, 0.3) is 0 Å². The van der Waals surface area contributed by atoms with Crippen molar-refractivity contribution in [3.05, 3.63) is 0 Å². The maximum Gasteiger partial charge on any atom is 0.0107 e. The topological polar surface area (TPSA) is 30.5 Å². The van der Waals surface area contributed by atoms with E-state index in [1.54, 1.807) is 0 Å². The molecule has 0 radical (unpaired) electrons. The van der Waals surface area contributed by atoms with Crippen molar-refractivity contribution in [3.8, 4) is 0 Å². The van der Waals surface area contributed by atoms with Crippen LogP contribution in [0.15, 0.2) is 0 Å². The van der Waals surface area contributed by atoms with Crippen LogP contribution in [0.5, 0.6) is 0 Å². The summed E-state index contributed by atoms with van der Waals surface area (Å²) >= 11 is 0. The Bertz CT molecular complexity index is 211. The van der Waals surface area contributed by atoms with Gasteiger partial charge in [0.25, 0.3) is 0 Å². The highest BCUT2D eigenvalue weighted by atomic mass is 15.1. The number of nitrogens with zero attached hydrogens (tertiary/aromatic N) is 2. The third-order valence-corrected chi connectivity index (χ3v) is 4.81.